The lowest BCUT2D eigenvalue weighted by Gasteiger charge is -2.00. The molecule has 0 saturated carbocycles. The van der Waals surface area contributed by atoms with Crippen LogP contribution in [0, 0.1) is 0 Å². The Balaban J connectivity index is 1.61. The summed E-state index contributed by atoms with van der Waals surface area (Å²) >= 11 is 1.71. The Hall–Kier alpha value is -3.11. The Bertz CT molecular complexity index is 1020. The molecule has 0 bridgehead atoms. The van der Waals surface area contributed by atoms with Gasteiger partial charge in [0.1, 0.15) is 11.4 Å². The van der Waals surface area contributed by atoms with Crippen LogP contribution >= 0.6 is 11.3 Å². The number of nitrogens with zero attached hydrogens (tertiary/aromatic N) is 2. The van der Waals surface area contributed by atoms with Gasteiger partial charge in [-0.05, 0) is 47.7 Å². The van der Waals surface area contributed by atoms with Gasteiger partial charge in [-0.25, -0.2) is 4.68 Å². The van der Waals surface area contributed by atoms with E-state index < -0.39 is 0 Å². The van der Waals surface area contributed by atoms with Crippen LogP contribution in [0.3, 0.4) is 0 Å². The molecule has 0 fully saturated rings. The monoisotopic (exact) mass is 372 g/mol. The van der Waals surface area contributed by atoms with Crippen molar-refractivity contribution in [1.82, 2.24) is 9.78 Å². The Morgan fingerprint density at radius 1 is 1.00 bits per heavy atom. The molecular formula is C23H20N2OS. The van der Waals surface area contributed by atoms with Crippen molar-refractivity contribution in [3.63, 3.8) is 0 Å². The summed E-state index contributed by atoms with van der Waals surface area (Å²) in [7, 11) is 1.69. The third-order valence-corrected chi connectivity index (χ3v) is 5.20. The van der Waals surface area contributed by atoms with E-state index in [1.54, 1.807) is 18.4 Å². The number of aromatic nitrogens is 2. The average molecular weight is 372 g/mol. The molecule has 2 aromatic carbocycles. The quantitative estimate of drug-likeness (QED) is 0.423. The fraction of sp³-hybridized carbons (Fsp3) is 0.0870. The number of thiophene rings is 1. The Kier molecular flexibility index (Phi) is 5.17. The fourth-order valence-corrected chi connectivity index (χ4v) is 3.64. The highest BCUT2D eigenvalue weighted by Gasteiger charge is 2.11. The van der Waals surface area contributed by atoms with Gasteiger partial charge in [-0.2, -0.15) is 5.10 Å². The summed E-state index contributed by atoms with van der Waals surface area (Å²) < 4.78 is 7.16. The molecule has 0 N–H and O–H groups in total. The van der Waals surface area contributed by atoms with E-state index in [4.69, 9.17) is 9.84 Å². The minimum absolute atomic E-state index is 0.865. The number of benzene rings is 2. The van der Waals surface area contributed by atoms with Gasteiger partial charge in [0.2, 0.25) is 0 Å². The van der Waals surface area contributed by atoms with Crippen molar-refractivity contribution in [2.45, 2.75) is 6.42 Å². The van der Waals surface area contributed by atoms with Crippen LogP contribution in [-0.2, 0) is 6.42 Å². The molecule has 0 aliphatic heterocycles. The van der Waals surface area contributed by atoms with Crippen LogP contribution in [0.15, 0.2) is 84.4 Å². The predicted molar refractivity (Wildman–Crippen MR) is 113 cm³/mol. The molecule has 4 aromatic rings. The summed E-state index contributed by atoms with van der Waals surface area (Å²) in [6.07, 6.45) is 7.30. The lowest BCUT2D eigenvalue weighted by atomic mass is 10.1. The maximum atomic E-state index is 5.22. The minimum atomic E-state index is 0.865. The average Bonchev–Trinajstić information content (AvgIpc) is 3.39. The van der Waals surface area contributed by atoms with Gasteiger partial charge in [0.25, 0.3) is 0 Å². The van der Waals surface area contributed by atoms with E-state index in [9.17, 15) is 0 Å². The number of hydrogen-bond acceptors (Lipinski definition) is 3. The highest BCUT2D eigenvalue weighted by Crippen LogP contribution is 2.28. The normalized spacial score (nSPS) is 11.1. The van der Waals surface area contributed by atoms with E-state index in [2.05, 4.69) is 60.1 Å². The SMILES string of the molecule is COc1ccc(CC=Cc2cn(-c3ccccc3)nc2-c2cccs2)cc1. The number of para-hydroxylation sites is 1. The van der Waals surface area contributed by atoms with Gasteiger partial charge in [0.05, 0.1) is 17.7 Å². The molecule has 27 heavy (non-hydrogen) atoms. The van der Waals surface area contributed by atoms with Crippen molar-refractivity contribution in [1.29, 1.82) is 0 Å². The van der Waals surface area contributed by atoms with Crippen molar-refractivity contribution in [2.75, 3.05) is 7.11 Å². The van der Waals surface area contributed by atoms with E-state index in [0.29, 0.717) is 0 Å². The van der Waals surface area contributed by atoms with Crippen LogP contribution in [0.2, 0.25) is 0 Å². The second-order valence-electron chi connectivity index (χ2n) is 6.15. The van der Waals surface area contributed by atoms with E-state index in [1.807, 2.05) is 35.0 Å². The Morgan fingerprint density at radius 2 is 1.81 bits per heavy atom. The first-order valence-electron chi connectivity index (χ1n) is 8.82. The van der Waals surface area contributed by atoms with Crippen LogP contribution in [0.5, 0.6) is 5.75 Å². The zero-order chi connectivity index (χ0) is 18.5. The third-order valence-electron chi connectivity index (χ3n) is 4.33. The molecule has 2 aromatic heterocycles. The molecule has 0 amide bonds. The van der Waals surface area contributed by atoms with Gasteiger partial charge >= 0.3 is 0 Å². The first kappa shape index (κ1) is 17.3. The van der Waals surface area contributed by atoms with Gasteiger partial charge in [-0.15, -0.1) is 11.3 Å². The molecule has 0 spiro atoms. The summed E-state index contributed by atoms with van der Waals surface area (Å²) in [6, 6.07) is 22.6. The van der Waals surface area contributed by atoms with E-state index in [1.165, 1.54) is 10.4 Å². The van der Waals surface area contributed by atoms with E-state index in [-0.39, 0.29) is 0 Å². The summed E-state index contributed by atoms with van der Waals surface area (Å²) in [4.78, 5) is 1.17. The molecule has 0 radical (unpaired) electrons. The smallest absolute Gasteiger partial charge is 0.118 e. The molecule has 3 nitrogen and oxygen atoms in total. The molecule has 4 heteroatoms. The maximum absolute atomic E-state index is 5.22. The number of rotatable bonds is 6. The summed E-state index contributed by atoms with van der Waals surface area (Å²) in [6.45, 7) is 0. The Labute approximate surface area is 163 Å². The van der Waals surface area contributed by atoms with Crippen molar-refractivity contribution in [3.05, 3.63) is 95.5 Å². The molecular weight excluding hydrogens is 352 g/mol. The number of allylic oxidation sites excluding steroid dienone is 1. The van der Waals surface area contributed by atoms with Crippen molar-refractivity contribution >= 4 is 17.4 Å². The molecule has 0 atom stereocenters. The van der Waals surface area contributed by atoms with Crippen molar-refractivity contribution < 1.29 is 4.74 Å². The van der Waals surface area contributed by atoms with Gasteiger partial charge in [0, 0.05) is 11.8 Å². The largest absolute Gasteiger partial charge is 0.497 e. The zero-order valence-corrected chi connectivity index (χ0v) is 15.9. The van der Waals surface area contributed by atoms with Crippen LogP contribution in [0.4, 0.5) is 0 Å². The topological polar surface area (TPSA) is 27.1 Å². The van der Waals surface area contributed by atoms with Gasteiger partial charge in [0.15, 0.2) is 0 Å². The summed E-state index contributed by atoms with van der Waals surface area (Å²) in [5.74, 6) is 0.881. The maximum Gasteiger partial charge on any atom is 0.118 e. The van der Waals surface area contributed by atoms with Crippen molar-refractivity contribution in [3.8, 4) is 22.0 Å². The summed E-state index contributed by atoms with van der Waals surface area (Å²) in [5, 5.41) is 6.92. The first-order valence-corrected chi connectivity index (χ1v) is 9.70. The number of methoxy groups -OCH3 is 1. The van der Waals surface area contributed by atoms with E-state index in [0.717, 1.165) is 29.1 Å². The summed E-state index contributed by atoms with van der Waals surface area (Å²) in [5.41, 5.74) is 4.44. The van der Waals surface area contributed by atoms with E-state index >= 15 is 0 Å². The molecule has 4 rings (SSSR count). The lowest BCUT2D eigenvalue weighted by Crippen LogP contribution is -1.93. The predicted octanol–water partition coefficient (Wildman–Crippen LogP) is 5.87. The molecule has 0 aliphatic carbocycles. The van der Waals surface area contributed by atoms with Gasteiger partial charge in [-0.1, -0.05) is 48.6 Å². The minimum Gasteiger partial charge on any atom is -0.497 e. The highest BCUT2D eigenvalue weighted by molar-refractivity contribution is 7.13. The first-order chi connectivity index (χ1) is 13.3. The second kappa shape index (κ2) is 8.06. The van der Waals surface area contributed by atoms with Crippen LogP contribution in [0.25, 0.3) is 22.3 Å². The van der Waals surface area contributed by atoms with Crippen molar-refractivity contribution in [2.24, 2.45) is 0 Å². The highest BCUT2D eigenvalue weighted by atomic mass is 32.1. The van der Waals surface area contributed by atoms with Gasteiger partial charge < -0.3 is 4.74 Å². The Morgan fingerprint density at radius 3 is 2.52 bits per heavy atom. The molecule has 0 unspecified atom stereocenters. The molecule has 134 valence electrons. The third kappa shape index (κ3) is 4.01. The second-order valence-corrected chi connectivity index (χ2v) is 7.09. The van der Waals surface area contributed by atoms with Crippen LogP contribution < -0.4 is 4.74 Å². The molecule has 2 heterocycles. The van der Waals surface area contributed by atoms with Crippen LogP contribution in [-0.4, -0.2) is 16.9 Å². The zero-order valence-electron chi connectivity index (χ0n) is 15.1. The number of ether oxygens (including phenoxy) is 1. The standard InChI is InChI=1S/C23H20N2OS/c1-26-21-14-12-18(13-15-21)7-5-8-19-17-25(20-9-3-2-4-10-20)24-23(19)22-11-6-16-27-22/h2-6,8-17H,7H2,1H3. The fourth-order valence-electron chi connectivity index (χ4n) is 2.91. The van der Waals surface area contributed by atoms with Crippen LogP contribution in [0.1, 0.15) is 11.1 Å². The number of hydrogen-bond donors (Lipinski definition) is 0. The molecule has 0 aliphatic rings. The molecule has 0 saturated heterocycles. The lowest BCUT2D eigenvalue weighted by molar-refractivity contribution is 0.414. The van der Waals surface area contributed by atoms with Gasteiger partial charge in [-0.3, -0.25) is 0 Å².